The van der Waals surface area contributed by atoms with Crippen molar-refractivity contribution >= 4 is 5.78 Å². The van der Waals surface area contributed by atoms with Crippen molar-refractivity contribution in [3.63, 3.8) is 0 Å². The fourth-order valence-electron chi connectivity index (χ4n) is 1.58. The first-order valence-corrected chi connectivity index (χ1v) is 5.46. The summed E-state index contributed by atoms with van der Waals surface area (Å²) in [4.78, 5) is 11.7. The highest BCUT2D eigenvalue weighted by Crippen LogP contribution is 2.36. The van der Waals surface area contributed by atoms with E-state index in [9.17, 15) is 9.90 Å². The van der Waals surface area contributed by atoms with Crippen molar-refractivity contribution in [2.45, 2.75) is 26.2 Å². The highest BCUT2D eigenvalue weighted by molar-refractivity contribution is 6.01. The van der Waals surface area contributed by atoms with E-state index in [4.69, 9.17) is 10.5 Å². The summed E-state index contributed by atoms with van der Waals surface area (Å²) in [7, 11) is 1.42. The third-order valence-corrected chi connectivity index (χ3v) is 2.63. The molecule has 0 amide bonds. The van der Waals surface area contributed by atoms with Gasteiger partial charge in [-0.2, -0.15) is 0 Å². The van der Waals surface area contributed by atoms with Gasteiger partial charge in [-0.1, -0.05) is 20.8 Å². The Bertz CT molecular complexity index is 433. The number of phenols is 1. The zero-order chi connectivity index (χ0) is 13.2. The monoisotopic (exact) mass is 237 g/mol. The topological polar surface area (TPSA) is 72.5 Å². The van der Waals surface area contributed by atoms with Crippen molar-refractivity contribution in [3.8, 4) is 11.5 Å². The summed E-state index contributed by atoms with van der Waals surface area (Å²) >= 11 is 0. The Hall–Kier alpha value is -1.55. The molecule has 0 unspecified atom stereocenters. The van der Waals surface area contributed by atoms with Gasteiger partial charge in [0.1, 0.15) is 0 Å². The number of nitrogens with two attached hydrogens (primary N) is 1. The van der Waals surface area contributed by atoms with Crippen molar-refractivity contribution in [2.24, 2.45) is 5.73 Å². The fraction of sp³-hybridized carbons (Fsp3) is 0.462. The van der Waals surface area contributed by atoms with Crippen LogP contribution in [0.4, 0.5) is 0 Å². The molecular weight excluding hydrogens is 218 g/mol. The number of ketones is 1. The Kier molecular flexibility index (Phi) is 3.78. The van der Waals surface area contributed by atoms with E-state index < -0.39 is 0 Å². The number of phenolic OH excluding ortho intramolecular Hbond substituents is 1. The van der Waals surface area contributed by atoms with Crippen LogP contribution < -0.4 is 10.5 Å². The Morgan fingerprint density at radius 3 is 2.41 bits per heavy atom. The van der Waals surface area contributed by atoms with Gasteiger partial charge >= 0.3 is 0 Å². The smallest absolute Gasteiger partial charge is 0.180 e. The fourth-order valence-corrected chi connectivity index (χ4v) is 1.58. The molecule has 3 N–H and O–H groups in total. The van der Waals surface area contributed by atoms with Gasteiger partial charge in [-0.25, -0.2) is 0 Å². The first kappa shape index (κ1) is 13.5. The molecule has 0 aliphatic rings. The lowest BCUT2D eigenvalue weighted by molar-refractivity contribution is 0.0997. The molecule has 0 saturated carbocycles. The SMILES string of the molecule is COc1c(O)cc(C(C)(C)C)cc1C(=O)CN. The lowest BCUT2D eigenvalue weighted by atomic mass is 9.85. The van der Waals surface area contributed by atoms with Gasteiger partial charge in [0.05, 0.1) is 19.2 Å². The molecule has 0 atom stereocenters. The average Bonchev–Trinajstić information content (AvgIpc) is 2.25. The molecule has 1 rings (SSSR count). The zero-order valence-electron chi connectivity index (χ0n) is 10.7. The number of carbonyl (C=O) groups excluding carboxylic acids is 1. The van der Waals surface area contributed by atoms with Gasteiger partial charge in [-0.05, 0) is 23.1 Å². The van der Waals surface area contributed by atoms with Crippen LogP contribution in [0.3, 0.4) is 0 Å². The van der Waals surface area contributed by atoms with Crippen molar-refractivity contribution in [1.29, 1.82) is 0 Å². The van der Waals surface area contributed by atoms with Crippen LogP contribution in [-0.2, 0) is 5.41 Å². The molecule has 0 fully saturated rings. The molecule has 94 valence electrons. The van der Waals surface area contributed by atoms with Crippen LogP contribution in [0.15, 0.2) is 12.1 Å². The third kappa shape index (κ3) is 2.77. The molecule has 0 saturated heterocycles. The van der Waals surface area contributed by atoms with Gasteiger partial charge in [-0.15, -0.1) is 0 Å². The predicted octanol–water partition coefficient (Wildman–Crippen LogP) is 1.84. The summed E-state index contributed by atoms with van der Waals surface area (Å²) in [6.45, 7) is 5.91. The summed E-state index contributed by atoms with van der Waals surface area (Å²) in [5.41, 5.74) is 6.39. The standard InChI is InChI=1S/C13H19NO3/c1-13(2,3)8-5-9(11(16)7-14)12(17-4)10(15)6-8/h5-6,15H,7,14H2,1-4H3. The maximum atomic E-state index is 11.7. The van der Waals surface area contributed by atoms with Crippen LogP contribution in [0.2, 0.25) is 0 Å². The summed E-state index contributed by atoms with van der Waals surface area (Å²) in [6.07, 6.45) is 0. The number of methoxy groups -OCH3 is 1. The van der Waals surface area contributed by atoms with Crippen molar-refractivity contribution in [1.82, 2.24) is 0 Å². The Balaban J connectivity index is 3.44. The van der Waals surface area contributed by atoms with E-state index in [2.05, 4.69) is 0 Å². The minimum absolute atomic E-state index is 0.0308. The third-order valence-electron chi connectivity index (χ3n) is 2.63. The first-order chi connectivity index (χ1) is 7.81. The Morgan fingerprint density at radius 2 is 2.00 bits per heavy atom. The van der Waals surface area contributed by atoms with Gasteiger partial charge in [0.15, 0.2) is 17.3 Å². The molecular formula is C13H19NO3. The van der Waals surface area contributed by atoms with Crippen LogP contribution in [0.25, 0.3) is 0 Å². The van der Waals surface area contributed by atoms with Crippen LogP contribution >= 0.6 is 0 Å². The Morgan fingerprint density at radius 1 is 1.41 bits per heavy atom. The normalized spacial score (nSPS) is 11.4. The molecule has 0 heterocycles. The number of hydrogen-bond acceptors (Lipinski definition) is 4. The van der Waals surface area contributed by atoms with E-state index in [1.165, 1.54) is 7.11 Å². The van der Waals surface area contributed by atoms with E-state index >= 15 is 0 Å². The largest absolute Gasteiger partial charge is 0.504 e. The maximum Gasteiger partial charge on any atom is 0.180 e. The van der Waals surface area contributed by atoms with Gasteiger partial charge < -0.3 is 15.6 Å². The zero-order valence-corrected chi connectivity index (χ0v) is 10.7. The molecule has 0 spiro atoms. The molecule has 0 aromatic heterocycles. The van der Waals surface area contributed by atoms with Crippen LogP contribution in [0.5, 0.6) is 11.5 Å². The highest BCUT2D eigenvalue weighted by Gasteiger charge is 2.21. The predicted molar refractivity (Wildman–Crippen MR) is 66.7 cm³/mol. The number of aromatic hydroxyl groups is 1. The van der Waals surface area contributed by atoms with Crippen molar-refractivity contribution in [3.05, 3.63) is 23.3 Å². The molecule has 1 aromatic carbocycles. The van der Waals surface area contributed by atoms with Crippen molar-refractivity contribution in [2.75, 3.05) is 13.7 Å². The first-order valence-electron chi connectivity index (χ1n) is 5.46. The minimum Gasteiger partial charge on any atom is -0.504 e. The van der Waals surface area contributed by atoms with Crippen molar-refractivity contribution < 1.29 is 14.6 Å². The van der Waals surface area contributed by atoms with Crippen LogP contribution in [0.1, 0.15) is 36.7 Å². The summed E-state index contributed by atoms with van der Waals surface area (Å²) in [5, 5.41) is 9.86. The number of benzene rings is 1. The number of Topliss-reactive ketones (excluding diaryl/α,β-unsaturated/α-hetero) is 1. The highest BCUT2D eigenvalue weighted by atomic mass is 16.5. The van der Waals surface area contributed by atoms with Gasteiger partial charge in [-0.3, -0.25) is 4.79 Å². The summed E-state index contributed by atoms with van der Waals surface area (Å²) < 4.78 is 5.04. The molecule has 0 aliphatic heterocycles. The van der Waals surface area contributed by atoms with E-state index in [-0.39, 0.29) is 29.2 Å². The molecule has 0 bridgehead atoms. The van der Waals surface area contributed by atoms with E-state index in [0.29, 0.717) is 5.56 Å². The number of ether oxygens (including phenoxy) is 1. The molecule has 0 aliphatic carbocycles. The number of hydrogen-bond donors (Lipinski definition) is 2. The lowest BCUT2D eigenvalue weighted by Crippen LogP contribution is -2.17. The van der Waals surface area contributed by atoms with Gasteiger partial charge in [0, 0.05) is 0 Å². The van der Waals surface area contributed by atoms with E-state index in [1.54, 1.807) is 12.1 Å². The van der Waals surface area contributed by atoms with Gasteiger partial charge in [0.2, 0.25) is 0 Å². The van der Waals surface area contributed by atoms with E-state index in [0.717, 1.165) is 5.56 Å². The van der Waals surface area contributed by atoms with Crippen LogP contribution in [-0.4, -0.2) is 24.5 Å². The second-order valence-electron chi connectivity index (χ2n) is 4.95. The molecule has 0 radical (unpaired) electrons. The minimum atomic E-state index is -0.247. The van der Waals surface area contributed by atoms with E-state index in [1.807, 2.05) is 20.8 Å². The second-order valence-corrected chi connectivity index (χ2v) is 4.95. The average molecular weight is 237 g/mol. The molecule has 4 nitrogen and oxygen atoms in total. The number of rotatable bonds is 3. The summed E-state index contributed by atoms with van der Waals surface area (Å²) in [6, 6.07) is 3.35. The second kappa shape index (κ2) is 4.75. The molecule has 17 heavy (non-hydrogen) atoms. The lowest BCUT2D eigenvalue weighted by Gasteiger charge is -2.21. The van der Waals surface area contributed by atoms with Gasteiger partial charge in [0.25, 0.3) is 0 Å². The quantitative estimate of drug-likeness (QED) is 0.787. The Labute approximate surface area is 101 Å². The number of carbonyl (C=O) groups is 1. The molecule has 1 aromatic rings. The summed E-state index contributed by atoms with van der Waals surface area (Å²) in [5.74, 6) is -0.0894. The molecule has 4 heteroatoms. The van der Waals surface area contributed by atoms with Crippen LogP contribution in [0, 0.1) is 0 Å². The maximum absolute atomic E-state index is 11.7.